The number of nitrogens with zero attached hydrogens (tertiary/aromatic N) is 3. The van der Waals surface area contributed by atoms with Crippen LogP contribution in [0.1, 0.15) is 40.7 Å². The van der Waals surface area contributed by atoms with Crippen molar-refractivity contribution in [2.24, 2.45) is 5.92 Å². The van der Waals surface area contributed by atoms with Crippen LogP contribution in [0.2, 0.25) is 0 Å². The van der Waals surface area contributed by atoms with Gasteiger partial charge in [0.2, 0.25) is 0 Å². The molecule has 4 rings (SSSR count). The first-order valence-corrected chi connectivity index (χ1v) is 9.69. The van der Waals surface area contributed by atoms with Crippen LogP contribution in [0.4, 0.5) is 0 Å². The third-order valence-electron chi connectivity index (χ3n) is 5.09. The topological polar surface area (TPSA) is 38.1 Å². The number of amides is 1. The lowest BCUT2D eigenvalue weighted by atomic mass is 9.99. The number of hydrogen-bond donors (Lipinski definition) is 0. The Labute approximate surface area is 152 Å². The number of piperidine rings is 1. The standard InChI is InChI=1S/C20H23N3OS/c1-13-6-10-23(11-7-13)20(24)18-17(22-8-4-5-9-22)16-14(2)12-15(3)21-19(16)25-18/h4-5,8-9,12-13H,6-7,10-11H2,1-3H3. The van der Waals surface area contributed by atoms with Crippen LogP contribution in [0.3, 0.4) is 0 Å². The summed E-state index contributed by atoms with van der Waals surface area (Å²) in [4.78, 5) is 21.8. The van der Waals surface area contributed by atoms with Gasteiger partial charge in [-0.25, -0.2) is 4.98 Å². The van der Waals surface area contributed by atoms with E-state index in [2.05, 4.69) is 24.5 Å². The van der Waals surface area contributed by atoms with E-state index in [1.807, 2.05) is 36.4 Å². The van der Waals surface area contributed by atoms with Gasteiger partial charge in [-0.1, -0.05) is 6.92 Å². The maximum atomic E-state index is 13.3. The molecule has 0 radical (unpaired) electrons. The minimum atomic E-state index is 0.149. The number of aryl methyl sites for hydroxylation is 2. The molecule has 1 aliphatic heterocycles. The quantitative estimate of drug-likeness (QED) is 0.676. The van der Waals surface area contributed by atoms with Crippen LogP contribution in [0, 0.1) is 19.8 Å². The molecule has 5 heteroatoms. The molecular weight excluding hydrogens is 330 g/mol. The van der Waals surface area contributed by atoms with Gasteiger partial charge in [0, 0.05) is 36.6 Å². The van der Waals surface area contributed by atoms with Crippen LogP contribution in [0.15, 0.2) is 30.6 Å². The fraction of sp³-hybridized carbons (Fsp3) is 0.400. The Balaban J connectivity index is 1.87. The molecule has 0 saturated carbocycles. The number of carbonyl (C=O) groups excluding carboxylic acids is 1. The second-order valence-electron chi connectivity index (χ2n) is 7.11. The lowest BCUT2D eigenvalue weighted by molar-refractivity contribution is 0.0702. The van der Waals surface area contributed by atoms with Crippen LogP contribution < -0.4 is 0 Å². The number of likely N-dealkylation sites (tertiary alicyclic amines) is 1. The average Bonchev–Trinajstić information content (AvgIpc) is 3.21. The molecule has 3 aromatic heterocycles. The van der Waals surface area contributed by atoms with Gasteiger partial charge in [0.05, 0.1) is 5.69 Å². The third-order valence-corrected chi connectivity index (χ3v) is 6.15. The Kier molecular flexibility index (Phi) is 4.12. The molecule has 0 aliphatic carbocycles. The van der Waals surface area contributed by atoms with Crippen LogP contribution in [0.5, 0.6) is 0 Å². The number of pyridine rings is 1. The largest absolute Gasteiger partial charge is 0.338 e. The highest BCUT2D eigenvalue weighted by atomic mass is 32.1. The van der Waals surface area contributed by atoms with E-state index in [-0.39, 0.29) is 5.91 Å². The van der Waals surface area contributed by atoms with Crippen molar-refractivity contribution in [3.63, 3.8) is 0 Å². The van der Waals surface area contributed by atoms with Crippen molar-refractivity contribution in [2.45, 2.75) is 33.6 Å². The van der Waals surface area contributed by atoms with Crippen LogP contribution in [0.25, 0.3) is 15.9 Å². The maximum Gasteiger partial charge on any atom is 0.266 e. The van der Waals surface area contributed by atoms with Crippen LogP contribution in [-0.4, -0.2) is 33.4 Å². The molecule has 0 N–H and O–H groups in total. The number of aromatic nitrogens is 2. The van der Waals surface area contributed by atoms with Gasteiger partial charge in [-0.15, -0.1) is 11.3 Å². The first kappa shape index (κ1) is 16.3. The molecular formula is C20H23N3OS. The SMILES string of the molecule is Cc1cc(C)c2c(-n3cccc3)c(C(=O)N3CCC(C)CC3)sc2n1. The van der Waals surface area contributed by atoms with Gasteiger partial charge >= 0.3 is 0 Å². The average molecular weight is 353 g/mol. The fourth-order valence-electron chi connectivity index (χ4n) is 3.65. The lowest BCUT2D eigenvalue weighted by Crippen LogP contribution is -2.37. The minimum absolute atomic E-state index is 0.149. The molecule has 0 atom stereocenters. The van der Waals surface area contributed by atoms with Crippen LogP contribution in [-0.2, 0) is 0 Å². The van der Waals surface area contributed by atoms with E-state index in [1.165, 1.54) is 16.9 Å². The zero-order chi connectivity index (χ0) is 17.6. The number of thiophene rings is 1. The van der Waals surface area contributed by atoms with Crippen molar-refractivity contribution < 1.29 is 4.79 Å². The van der Waals surface area contributed by atoms with Gasteiger partial charge in [-0.05, 0) is 56.4 Å². The van der Waals surface area contributed by atoms with Gasteiger partial charge in [-0.2, -0.15) is 0 Å². The van der Waals surface area contributed by atoms with Crippen LogP contribution >= 0.6 is 11.3 Å². The number of carbonyl (C=O) groups is 1. The smallest absolute Gasteiger partial charge is 0.266 e. The molecule has 1 amide bonds. The second-order valence-corrected chi connectivity index (χ2v) is 8.10. The molecule has 25 heavy (non-hydrogen) atoms. The van der Waals surface area contributed by atoms with Crippen molar-refractivity contribution in [1.82, 2.24) is 14.5 Å². The third kappa shape index (κ3) is 2.86. The molecule has 3 aromatic rings. The molecule has 0 aromatic carbocycles. The van der Waals surface area contributed by atoms with E-state index in [0.29, 0.717) is 5.92 Å². The Hall–Kier alpha value is -2.14. The zero-order valence-corrected chi connectivity index (χ0v) is 15.8. The van der Waals surface area contributed by atoms with Crippen molar-refractivity contribution in [1.29, 1.82) is 0 Å². The Bertz CT molecular complexity index is 918. The number of fused-ring (bicyclic) bond motifs is 1. The highest BCUT2D eigenvalue weighted by Gasteiger charge is 2.27. The lowest BCUT2D eigenvalue weighted by Gasteiger charge is -2.30. The summed E-state index contributed by atoms with van der Waals surface area (Å²) < 4.78 is 2.06. The first-order valence-electron chi connectivity index (χ1n) is 8.88. The minimum Gasteiger partial charge on any atom is -0.338 e. The van der Waals surface area contributed by atoms with Crippen molar-refractivity contribution in [2.75, 3.05) is 13.1 Å². The van der Waals surface area contributed by atoms with E-state index in [1.54, 1.807) is 0 Å². The fourth-order valence-corrected chi connectivity index (χ4v) is 4.92. The van der Waals surface area contributed by atoms with Gasteiger partial charge in [0.25, 0.3) is 5.91 Å². The maximum absolute atomic E-state index is 13.3. The molecule has 130 valence electrons. The van der Waals surface area contributed by atoms with E-state index < -0.39 is 0 Å². The predicted octanol–water partition coefficient (Wildman–Crippen LogP) is 4.58. The summed E-state index contributed by atoms with van der Waals surface area (Å²) in [6.45, 7) is 8.08. The Morgan fingerprint density at radius 2 is 1.88 bits per heavy atom. The van der Waals surface area contributed by atoms with E-state index >= 15 is 0 Å². The van der Waals surface area contributed by atoms with Gasteiger partial charge in [0.15, 0.2) is 0 Å². The van der Waals surface area contributed by atoms with Gasteiger partial charge in [-0.3, -0.25) is 4.79 Å². The van der Waals surface area contributed by atoms with Gasteiger partial charge < -0.3 is 9.47 Å². The molecule has 4 heterocycles. The molecule has 0 bridgehead atoms. The zero-order valence-electron chi connectivity index (χ0n) is 15.0. The molecule has 1 fully saturated rings. The first-order chi connectivity index (χ1) is 12.0. The Morgan fingerprint density at radius 1 is 1.20 bits per heavy atom. The highest BCUT2D eigenvalue weighted by molar-refractivity contribution is 7.21. The summed E-state index contributed by atoms with van der Waals surface area (Å²) in [6, 6.07) is 6.09. The summed E-state index contributed by atoms with van der Waals surface area (Å²) in [5.74, 6) is 0.859. The number of rotatable bonds is 2. The van der Waals surface area contributed by atoms with Gasteiger partial charge in [0.1, 0.15) is 9.71 Å². The highest BCUT2D eigenvalue weighted by Crippen LogP contribution is 2.37. The normalized spacial score (nSPS) is 15.9. The predicted molar refractivity (Wildman–Crippen MR) is 103 cm³/mol. The summed E-state index contributed by atoms with van der Waals surface area (Å²) in [6.07, 6.45) is 6.20. The molecule has 1 aliphatic rings. The van der Waals surface area contributed by atoms with Crippen molar-refractivity contribution >= 4 is 27.5 Å². The summed E-state index contributed by atoms with van der Waals surface area (Å²) in [5, 5.41) is 1.10. The molecule has 0 unspecified atom stereocenters. The molecule has 0 spiro atoms. The monoisotopic (exact) mass is 353 g/mol. The molecule has 4 nitrogen and oxygen atoms in total. The summed E-state index contributed by atoms with van der Waals surface area (Å²) in [7, 11) is 0. The Morgan fingerprint density at radius 3 is 2.56 bits per heavy atom. The van der Waals surface area contributed by atoms with Crippen molar-refractivity contribution in [3.05, 3.63) is 46.7 Å². The summed E-state index contributed by atoms with van der Waals surface area (Å²) in [5.41, 5.74) is 3.16. The number of hydrogen-bond acceptors (Lipinski definition) is 3. The van der Waals surface area contributed by atoms with E-state index in [4.69, 9.17) is 4.98 Å². The molecule has 1 saturated heterocycles. The van der Waals surface area contributed by atoms with E-state index in [9.17, 15) is 4.79 Å². The van der Waals surface area contributed by atoms with E-state index in [0.717, 1.165) is 52.4 Å². The summed E-state index contributed by atoms with van der Waals surface area (Å²) >= 11 is 1.53. The van der Waals surface area contributed by atoms with Crippen molar-refractivity contribution in [3.8, 4) is 5.69 Å². The second kappa shape index (κ2) is 6.30.